The average Bonchev–Trinajstić information content (AvgIpc) is 3.22. The molecule has 0 amide bonds. The number of carboxylic acid groups (broad SMARTS) is 1. The van der Waals surface area contributed by atoms with Crippen LogP contribution in [-0.2, 0) is 27.1 Å². The molecule has 1 aromatic heterocycles. The van der Waals surface area contributed by atoms with Crippen LogP contribution in [0.15, 0.2) is 28.7 Å². The number of halogens is 3. The van der Waals surface area contributed by atoms with E-state index in [4.69, 9.17) is 13.9 Å². The lowest BCUT2D eigenvalue weighted by atomic mass is 9.82. The maximum absolute atomic E-state index is 13.1. The number of carboxylic acids is 1. The molecule has 0 spiro atoms. The third-order valence-corrected chi connectivity index (χ3v) is 6.37. The fraction of sp³-hybridized carbons (Fsp3) is 0.615. The summed E-state index contributed by atoms with van der Waals surface area (Å²) in [5.74, 6) is 0.364. The largest absolute Gasteiger partial charge is 0.479 e. The molecule has 0 aliphatic heterocycles. The predicted molar refractivity (Wildman–Crippen MR) is 124 cm³/mol. The molecule has 0 saturated heterocycles. The molecule has 1 aromatic carbocycles. The Labute approximate surface area is 203 Å². The molecular formula is C26H34F3NO5. The van der Waals surface area contributed by atoms with Crippen LogP contribution in [0.3, 0.4) is 0 Å². The number of oxazole rings is 1. The van der Waals surface area contributed by atoms with Crippen LogP contribution in [0.1, 0.15) is 76.3 Å². The molecule has 1 N–H and O–H groups in total. The van der Waals surface area contributed by atoms with Crippen LogP contribution in [0, 0.1) is 11.8 Å². The topological polar surface area (TPSA) is 81.8 Å². The first-order valence-corrected chi connectivity index (χ1v) is 12.0. The lowest BCUT2D eigenvalue weighted by Gasteiger charge is -2.31. The van der Waals surface area contributed by atoms with Gasteiger partial charge in [-0.05, 0) is 63.1 Å². The number of carbonyl (C=O) groups is 1. The fourth-order valence-electron chi connectivity index (χ4n) is 4.29. The molecule has 2 aromatic rings. The van der Waals surface area contributed by atoms with Gasteiger partial charge < -0.3 is 19.0 Å². The highest BCUT2D eigenvalue weighted by Crippen LogP contribution is 2.34. The van der Waals surface area contributed by atoms with E-state index in [0.717, 1.165) is 37.8 Å². The highest BCUT2D eigenvalue weighted by atomic mass is 19.4. The van der Waals surface area contributed by atoms with Gasteiger partial charge in [-0.2, -0.15) is 13.2 Å². The van der Waals surface area contributed by atoms with Gasteiger partial charge in [-0.1, -0.05) is 26.3 Å². The molecule has 1 heterocycles. The quantitative estimate of drug-likeness (QED) is 0.394. The summed E-state index contributed by atoms with van der Waals surface area (Å²) in [5.41, 5.74) is -1.10. The molecule has 3 rings (SSSR count). The Balaban J connectivity index is 1.60. The Morgan fingerprint density at radius 3 is 2.51 bits per heavy atom. The number of nitrogens with zero attached hydrogens (tertiary/aromatic N) is 1. The van der Waals surface area contributed by atoms with Crippen LogP contribution >= 0.6 is 0 Å². The lowest BCUT2D eigenvalue weighted by Crippen LogP contribution is -2.37. The van der Waals surface area contributed by atoms with E-state index >= 15 is 0 Å². The van der Waals surface area contributed by atoms with Crippen molar-refractivity contribution in [1.29, 1.82) is 0 Å². The van der Waals surface area contributed by atoms with Gasteiger partial charge in [0.25, 0.3) is 0 Å². The summed E-state index contributed by atoms with van der Waals surface area (Å²) in [6, 6.07) is 4.95. The van der Waals surface area contributed by atoms with Gasteiger partial charge in [-0.25, -0.2) is 9.78 Å². The van der Waals surface area contributed by atoms with Crippen LogP contribution in [0.25, 0.3) is 11.5 Å². The first-order valence-electron chi connectivity index (χ1n) is 12.0. The predicted octanol–water partition coefficient (Wildman–Crippen LogP) is 6.69. The highest BCUT2D eigenvalue weighted by molar-refractivity contribution is 5.76. The molecule has 1 saturated carbocycles. The monoisotopic (exact) mass is 497 g/mol. The number of ether oxygens (including phenoxy) is 2. The minimum atomic E-state index is -4.44. The molecule has 0 bridgehead atoms. The van der Waals surface area contributed by atoms with Crippen molar-refractivity contribution in [3.05, 3.63) is 41.3 Å². The summed E-state index contributed by atoms with van der Waals surface area (Å²) in [5, 5.41) is 9.22. The van der Waals surface area contributed by atoms with Crippen molar-refractivity contribution in [2.24, 2.45) is 11.8 Å². The van der Waals surface area contributed by atoms with Gasteiger partial charge in [-0.15, -0.1) is 0 Å². The third-order valence-electron chi connectivity index (χ3n) is 6.37. The first kappa shape index (κ1) is 27.2. The molecule has 9 heteroatoms. The van der Waals surface area contributed by atoms with E-state index < -0.39 is 23.3 Å². The second-order valence-corrected chi connectivity index (χ2v) is 10.1. The molecule has 1 aliphatic carbocycles. The standard InChI is InChI=1S/C26H34F3NO5/c1-16(2)22-21(30-23(35-22)19-9-6-10-20(12-19)26(27,28)29)15-33-13-17-7-5-8-18(11-17)14-34-25(3,4)24(31)32/h6,9-10,12,16-18H,5,7-8,11,13-15H2,1-4H3,(H,31,32)/t17-,18+/m0/s1. The van der Waals surface area contributed by atoms with Crippen LogP contribution in [-0.4, -0.2) is 34.9 Å². The molecule has 0 radical (unpaired) electrons. The zero-order valence-electron chi connectivity index (χ0n) is 20.7. The van der Waals surface area contributed by atoms with Crippen molar-refractivity contribution in [2.45, 2.75) is 77.7 Å². The van der Waals surface area contributed by atoms with E-state index in [0.29, 0.717) is 30.6 Å². The van der Waals surface area contributed by atoms with Crippen molar-refractivity contribution in [1.82, 2.24) is 4.98 Å². The van der Waals surface area contributed by atoms with Crippen molar-refractivity contribution >= 4 is 5.97 Å². The normalized spacial score (nSPS) is 19.3. The zero-order valence-corrected chi connectivity index (χ0v) is 20.7. The highest BCUT2D eigenvalue weighted by Gasteiger charge is 2.32. The number of aromatic nitrogens is 1. The summed E-state index contributed by atoms with van der Waals surface area (Å²) < 4.78 is 56.8. The van der Waals surface area contributed by atoms with Gasteiger partial charge in [0.1, 0.15) is 11.5 Å². The van der Waals surface area contributed by atoms with Crippen molar-refractivity contribution < 1.29 is 37.0 Å². The van der Waals surface area contributed by atoms with Gasteiger partial charge in [0.2, 0.25) is 5.89 Å². The van der Waals surface area contributed by atoms with E-state index in [1.807, 2.05) is 13.8 Å². The number of benzene rings is 1. The zero-order chi connectivity index (χ0) is 25.8. The minimum absolute atomic E-state index is 0.00514. The molecule has 0 unspecified atom stereocenters. The van der Waals surface area contributed by atoms with Crippen LogP contribution < -0.4 is 0 Å². The van der Waals surface area contributed by atoms with Gasteiger partial charge >= 0.3 is 12.1 Å². The van der Waals surface area contributed by atoms with Crippen molar-refractivity contribution in [2.75, 3.05) is 13.2 Å². The van der Waals surface area contributed by atoms with Gasteiger partial charge in [0.15, 0.2) is 5.60 Å². The minimum Gasteiger partial charge on any atom is -0.479 e. The van der Waals surface area contributed by atoms with Gasteiger partial charge in [-0.3, -0.25) is 0 Å². The smallest absolute Gasteiger partial charge is 0.416 e. The molecule has 6 nitrogen and oxygen atoms in total. The number of rotatable bonds is 10. The average molecular weight is 498 g/mol. The summed E-state index contributed by atoms with van der Waals surface area (Å²) in [7, 11) is 0. The fourth-order valence-corrected chi connectivity index (χ4v) is 4.29. The van der Waals surface area contributed by atoms with Gasteiger partial charge in [0.05, 0.1) is 18.8 Å². The van der Waals surface area contributed by atoms with E-state index in [2.05, 4.69) is 4.98 Å². The molecule has 1 fully saturated rings. The van der Waals surface area contributed by atoms with E-state index in [-0.39, 0.29) is 29.9 Å². The first-order chi connectivity index (χ1) is 16.4. The Bertz CT molecular complexity index is 999. The van der Waals surface area contributed by atoms with E-state index in [9.17, 15) is 23.1 Å². The van der Waals surface area contributed by atoms with Crippen LogP contribution in [0.2, 0.25) is 0 Å². The van der Waals surface area contributed by atoms with Crippen molar-refractivity contribution in [3.8, 4) is 11.5 Å². The lowest BCUT2D eigenvalue weighted by molar-refractivity contribution is -0.163. The second-order valence-electron chi connectivity index (χ2n) is 10.1. The van der Waals surface area contributed by atoms with Crippen molar-refractivity contribution in [3.63, 3.8) is 0 Å². The number of hydrogen-bond donors (Lipinski definition) is 1. The number of alkyl halides is 3. The SMILES string of the molecule is CC(C)c1oc(-c2cccc(C(F)(F)F)c2)nc1COC[C@H]1CCC[C@@H](COC(C)(C)C(=O)O)C1. The summed E-state index contributed by atoms with van der Waals surface area (Å²) in [6.45, 7) is 8.10. The third kappa shape index (κ3) is 7.30. The number of aliphatic carboxylic acids is 1. The second kappa shape index (κ2) is 11.1. The number of hydrogen-bond acceptors (Lipinski definition) is 5. The Morgan fingerprint density at radius 1 is 1.20 bits per heavy atom. The maximum Gasteiger partial charge on any atom is 0.416 e. The van der Waals surface area contributed by atoms with Gasteiger partial charge in [0, 0.05) is 18.1 Å². The van der Waals surface area contributed by atoms with E-state index in [1.54, 1.807) is 19.9 Å². The van der Waals surface area contributed by atoms with Crippen LogP contribution in [0.5, 0.6) is 0 Å². The molecule has 1 aliphatic rings. The Morgan fingerprint density at radius 2 is 1.89 bits per heavy atom. The molecular weight excluding hydrogens is 463 g/mol. The maximum atomic E-state index is 13.1. The van der Waals surface area contributed by atoms with Crippen LogP contribution in [0.4, 0.5) is 13.2 Å². The summed E-state index contributed by atoms with van der Waals surface area (Å²) in [4.78, 5) is 15.7. The Kier molecular flexibility index (Phi) is 8.64. The summed E-state index contributed by atoms with van der Waals surface area (Å²) >= 11 is 0. The molecule has 35 heavy (non-hydrogen) atoms. The summed E-state index contributed by atoms with van der Waals surface area (Å²) in [6.07, 6.45) is -0.517. The Hall–Kier alpha value is -2.39. The van der Waals surface area contributed by atoms with E-state index in [1.165, 1.54) is 6.07 Å². The molecule has 194 valence electrons. The molecule has 2 atom stereocenters.